The predicted molar refractivity (Wildman–Crippen MR) is 61.3 cm³/mol. The molecule has 1 unspecified atom stereocenters. The van der Waals surface area contributed by atoms with Crippen LogP contribution in [0.5, 0.6) is 0 Å². The Hall–Kier alpha value is -1.26. The van der Waals surface area contributed by atoms with E-state index in [2.05, 4.69) is 15.3 Å². The summed E-state index contributed by atoms with van der Waals surface area (Å²) in [5, 5.41) is 30.0. The molecule has 19 heavy (non-hydrogen) atoms. The van der Waals surface area contributed by atoms with Gasteiger partial charge in [-0.25, -0.2) is 9.18 Å². The summed E-state index contributed by atoms with van der Waals surface area (Å²) >= 11 is 5.71. The molecular weight excluding hydrogens is 285 g/mol. The number of halogens is 2. The van der Waals surface area contributed by atoms with Gasteiger partial charge in [0.1, 0.15) is 12.2 Å². The van der Waals surface area contributed by atoms with Crippen molar-refractivity contribution in [3.63, 3.8) is 0 Å². The van der Waals surface area contributed by atoms with Crippen molar-refractivity contribution in [3.05, 3.63) is 21.7 Å². The highest BCUT2D eigenvalue weighted by Crippen LogP contribution is 2.33. The number of hydrogen-bond acceptors (Lipinski definition) is 7. The molecule has 1 aliphatic heterocycles. The van der Waals surface area contributed by atoms with Gasteiger partial charge in [0, 0.05) is 6.20 Å². The summed E-state index contributed by atoms with van der Waals surface area (Å²) in [7, 11) is 0. The number of rotatable bonds is 3. The highest BCUT2D eigenvalue weighted by Gasteiger charge is 2.56. The van der Waals surface area contributed by atoms with Crippen LogP contribution in [0.15, 0.2) is 11.0 Å². The van der Waals surface area contributed by atoms with Crippen LogP contribution in [-0.4, -0.2) is 56.2 Å². The molecule has 0 spiro atoms. The van der Waals surface area contributed by atoms with E-state index in [4.69, 9.17) is 21.4 Å². The summed E-state index contributed by atoms with van der Waals surface area (Å²) in [5.74, 6) is -3.39. The van der Waals surface area contributed by atoms with Crippen LogP contribution in [0.4, 0.5) is 10.2 Å². The van der Waals surface area contributed by atoms with Gasteiger partial charge in [0.2, 0.25) is 0 Å². The van der Waals surface area contributed by atoms with Crippen LogP contribution in [0.3, 0.4) is 0 Å². The Balaban J connectivity index is 2.24. The molecule has 0 aliphatic carbocycles. The zero-order valence-corrected chi connectivity index (χ0v) is 10.1. The minimum absolute atomic E-state index is 0.0408. The second-order valence-corrected chi connectivity index (χ2v) is 4.36. The predicted octanol–water partition coefficient (Wildman–Crippen LogP) is -1.43. The maximum atomic E-state index is 13.9. The van der Waals surface area contributed by atoms with E-state index in [0.29, 0.717) is 0 Å². The highest BCUT2D eigenvalue weighted by atomic mass is 35.5. The standard InChI is InChI=1S/C9H11ClFN3O5/c10-3-1-12-8(17)14-6(3)13-7-9(11,18)5(16)4(2-15)19-7/h1,4-5,7,15-16,18H,2H2,(H2,12,13,14,17)/t4-,5-,7?,9+/m1/s1. The summed E-state index contributed by atoms with van der Waals surface area (Å²) in [6, 6.07) is 0. The second kappa shape index (κ2) is 5.02. The Morgan fingerprint density at radius 2 is 2.37 bits per heavy atom. The molecule has 2 rings (SSSR count). The molecule has 1 saturated heterocycles. The third kappa shape index (κ3) is 2.55. The zero-order valence-electron chi connectivity index (χ0n) is 9.38. The first kappa shape index (κ1) is 14.2. The van der Waals surface area contributed by atoms with Gasteiger partial charge in [0.05, 0.1) is 11.6 Å². The third-order valence-corrected chi connectivity index (χ3v) is 2.94. The third-order valence-electron chi connectivity index (χ3n) is 2.66. The Morgan fingerprint density at radius 1 is 1.68 bits per heavy atom. The lowest BCUT2D eigenvalue weighted by Crippen LogP contribution is -2.47. The molecule has 5 N–H and O–H groups in total. The Kier molecular flexibility index (Phi) is 3.74. The number of aromatic amines is 1. The number of aromatic nitrogens is 2. The molecule has 0 saturated carbocycles. The van der Waals surface area contributed by atoms with E-state index < -0.39 is 36.6 Å². The number of H-pyrrole nitrogens is 1. The number of ether oxygens (including phenoxy) is 1. The molecule has 2 heterocycles. The largest absolute Gasteiger partial charge is 0.394 e. The molecule has 8 nitrogen and oxygen atoms in total. The van der Waals surface area contributed by atoms with Gasteiger partial charge < -0.3 is 30.4 Å². The van der Waals surface area contributed by atoms with Crippen molar-refractivity contribution >= 4 is 17.4 Å². The quantitative estimate of drug-likeness (QED) is 0.462. The zero-order chi connectivity index (χ0) is 14.2. The number of aliphatic hydroxyl groups excluding tert-OH is 2. The number of nitrogens with zero attached hydrogens (tertiary/aromatic N) is 1. The topological polar surface area (TPSA) is 128 Å². The average Bonchev–Trinajstić information content (AvgIpc) is 2.57. The number of hydrogen-bond donors (Lipinski definition) is 5. The van der Waals surface area contributed by atoms with Crippen molar-refractivity contribution in [2.75, 3.05) is 11.9 Å². The summed E-state index contributed by atoms with van der Waals surface area (Å²) in [5.41, 5.74) is -0.744. The van der Waals surface area contributed by atoms with E-state index in [1.54, 1.807) is 0 Å². The van der Waals surface area contributed by atoms with Crippen molar-refractivity contribution in [2.24, 2.45) is 0 Å². The first-order valence-corrected chi connectivity index (χ1v) is 5.61. The van der Waals surface area contributed by atoms with Crippen molar-refractivity contribution < 1.29 is 24.4 Å². The highest BCUT2D eigenvalue weighted by molar-refractivity contribution is 6.32. The fourth-order valence-corrected chi connectivity index (χ4v) is 1.80. The Morgan fingerprint density at radius 3 is 2.95 bits per heavy atom. The molecule has 0 amide bonds. The lowest BCUT2D eigenvalue weighted by Gasteiger charge is -2.23. The first-order chi connectivity index (χ1) is 8.86. The van der Waals surface area contributed by atoms with Gasteiger partial charge in [-0.2, -0.15) is 4.98 Å². The van der Waals surface area contributed by atoms with Gasteiger partial charge in [0.25, 0.3) is 5.85 Å². The molecular formula is C9H11ClFN3O5. The van der Waals surface area contributed by atoms with Crippen molar-refractivity contribution in [1.82, 2.24) is 9.97 Å². The molecule has 4 atom stereocenters. The summed E-state index contributed by atoms with van der Waals surface area (Å²) in [6.07, 6.45) is -3.87. The van der Waals surface area contributed by atoms with Gasteiger partial charge in [-0.1, -0.05) is 11.6 Å². The molecule has 0 aromatic carbocycles. The molecule has 10 heteroatoms. The fourth-order valence-electron chi connectivity index (χ4n) is 1.64. The van der Waals surface area contributed by atoms with E-state index in [1.807, 2.05) is 0 Å². The maximum Gasteiger partial charge on any atom is 0.346 e. The maximum absolute atomic E-state index is 13.9. The molecule has 1 aromatic heterocycles. The summed E-state index contributed by atoms with van der Waals surface area (Å²) in [4.78, 5) is 16.6. The van der Waals surface area contributed by atoms with E-state index in [-0.39, 0.29) is 10.8 Å². The van der Waals surface area contributed by atoms with Crippen LogP contribution in [0.1, 0.15) is 0 Å². The molecule has 0 bridgehead atoms. The van der Waals surface area contributed by atoms with Gasteiger partial charge in [-0.05, 0) is 0 Å². The van der Waals surface area contributed by atoms with Crippen LogP contribution in [0, 0.1) is 0 Å². The number of anilines is 1. The average molecular weight is 296 g/mol. The van der Waals surface area contributed by atoms with Crippen molar-refractivity contribution in [1.29, 1.82) is 0 Å². The normalized spacial score (nSPS) is 34.5. The lowest BCUT2D eigenvalue weighted by atomic mass is 10.1. The van der Waals surface area contributed by atoms with Crippen LogP contribution in [-0.2, 0) is 4.74 Å². The Labute approximate surface area is 110 Å². The SMILES string of the molecule is O=c1nc(NC2O[C@H](CO)[C@@H](O)[C@@]2(O)F)c(Cl)c[nH]1. The first-order valence-electron chi connectivity index (χ1n) is 5.23. The Bertz CT molecular complexity index is 525. The minimum atomic E-state index is -3.17. The van der Waals surface area contributed by atoms with Gasteiger partial charge in [0.15, 0.2) is 12.0 Å². The fraction of sp³-hybridized carbons (Fsp3) is 0.556. The van der Waals surface area contributed by atoms with Gasteiger partial charge >= 0.3 is 5.69 Å². The monoisotopic (exact) mass is 295 g/mol. The van der Waals surface area contributed by atoms with Gasteiger partial charge in [-0.3, -0.25) is 0 Å². The van der Waals surface area contributed by atoms with Gasteiger partial charge in [-0.15, -0.1) is 0 Å². The molecule has 1 aliphatic rings. The molecule has 0 radical (unpaired) electrons. The number of nitrogens with one attached hydrogen (secondary N) is 2. The van der Waals surface area contributed by atoms with E-state index in [0.717, 1.165) is 6.20 Å². The van der Waals surface area contributed by atoms with E-state index in [9.17, 15) is 19.4 Å². The van der Waals surface area contributed by atoms with Crippen molar-refractivity contribution in [2.45, 2.75) is 24.3 Å². The number of alkyl halides is 1. The molecule has 106 valence electrons. The van der Waals surface area contributed by atoms with E-state index in [1.165, 1.54) is 0 Å². The summed E-state index contributed by atoms with van der Waals surface area (Å²) < 4.78 is 18.8. The summed E-state index contributed by atoms with van der Waals surface area (Å²) in [6.45, 7) is -0.692. The smallest absolute Gasteiger partial charge is 0.346 e. The van der Waals surface area contributed by atoms with E-state index >= 15 is 0 Å². The molecule has 1 aromatic rings. The van der Waals surface area contributed by atoms with Crippen LogP contribution in [0.2, 0.25) is 5.02 Å². The minimum Gasteiger partial charge on any atom is -0.394 e. The molecule has 1 fully saturated rings. The lowest BCUT2D eigenvalue weighted by molar-refractivity contribution is -0.167. The second-order valence-electron chi connectivity index (χ2n) is 3.96. The van der Waals surface area contributed by atoms with Crippen LogP contribution < -0.4 is 11.0 Å². The van der Waals surface area contributed by atoms with Crippen molar-refractivity contribution in [3.8, 4) is 0 Å². The van der Waals surface area contributed by atoms with Crippen LogP contribution >= 0.6 is 11.6 Å². The van der Waals surface area contributed by atoms with Crippen LogP contribution in [0.25, 0.3) is 0 Å². The number of aliphatic hydroxyl groups is 3.